The molecule has 122 valence electrons. The molecule has 0 aromatic heterocycles. The quantitative estimate of drug-likeness (QED) is 0.616. The molecule has 2 aliphatic rings. The summed E-state index contributed by atoms with van der Waals surface area (Å²) in [6.45, 7) is 0.312. The number of nitrogens with zero attached hydrogens (tertiary/aromatic N) is 1. The molecule has 0 saturated heterocycles. The monoisotopic (exact) mass is 319 g/mol. The summed E-state index contributed by atoms with van der Waals surface area (Å²) in [5, 5.41) is 24.1. The van der Waals surface area contributed by atoms with Crippen molar-refractivity contribution in [2.75, 3.05) is 26.8 Å². The molecule has 0 aliphatic carbocycles. The normalized spacial score (nSPS) is 20.3. The average molecular weight is 319 g/mol. The van der Waals surface area contributed by atoms with E-state index in [0.29, 0.717) is 16.8 Å². The van der Waals surface area contributed by atoms with Crippen molar-refractivity contribution in [2.24, 2.45) is 0 Å². The van der Waals surface area contributed by atoms with Gasteiger partial charge in [0.25, 0.3) is 5.91 Å². The molecule has 8 nitrogen and oxygen atoms in total. The first-order valence-corrected chi connectivity index (χ1v) is 7.12. The fourth-order valence-corrected chi connectivity index (χ4v) is 2.85. The minimum absolute atomic E-state index is 0.0228. The molecule has 1 atom stereocenters. The Morgan fingerprint density at radius 3 is 2.87 bits per heavy atom. The predicted octanol–water partition coefficient (Wildman–Crippen LogP) is -0.157. The lowest BCUT2D eigenvalue weighted by Gasteiger charge is -2.26. The van der Waals surface area contributed by atoms with Crippen LogP contribution in [-0.4, -0.2) is 53.9 Å². The van der Waals surface area contributed by atoms with Crippen LogP contribution in [0.3, 0.4) is 0 Å². The van der Waals surface area contributed by atoms with Crippen LogP contribution in [0.5, 0.6) is 11.5 Å². The van der Waals surface area contributed by atoms with Gasteiger partial charge in [0.2, 0.25) is 0 Å². The van der Waals surface area contributed by atoms with Gasteiger partial charge < -0.3 is 30.5 Å². The second-order valence-electron chi connectivity index (χ2n) is 5.31. The predicted molar refractivity (Wildman–Crippen MR) is 79.8 cm³/mol. The minimum atomic E-state index is -0.635. The molecule has 0 radical (unpaired) electrons. The number of phenols is 1. The molecule has 0 saturated carbocycles. The molecule has 1 unspecified atom stereocenters. The zero-order chi connectivity index (χ0) is 16.6. The summed E-state index contributed by atoms with van der Waals surface area (Å²) in [5.74, 6) is -0.000877. The Balaban J connectivity index is 1.99. The summed E-state index contributed by atoms with van der Waals surface area (Å²) in [6.07, 6.45) is 0. The molecule has 1 aromatic carbocycles. The SMILES string of the molecule is COc1cc(C2NC(=O)NC3=C2C(=O)N(CCO)C3)ccc1O. The minimum Gasteiger partial charge on any atom is -0.504 e. The number of aromatic hydroxyl groups is 1. The van der Waals surface area contributed by atoms with Crippen LogP contribution in [0.15, 0.2) is 29.5 Å². The van der Waals surface area contributed by atoms with Crippen molar-refractivity contribution >= 4 is 11.9 Å². The van der Waals surface area contributed by atoms with Crippen molar-refractivity contribution < 1.29 is 24.5 Å². The summed E-state index contributed by atoms with van der Waals surface area (Å²) in [7, 11) is 1.42. The lowest BCUT2D eigenvalue weighted by molar-refractivity contribution is -0.126. The smallest absolute Gasteiger partial charge is 0.319 e. The van der Waals surface area contributed by atoms with Gasteiger partial charge >= 0.3 is 6.03 Å². The van der Waals surface area contributed by atoms with Gasteiger partial charge in [-0.15, -0.1) is 0 Å². The third kappa shape index (κ3) is 2.57. The van der Waals surface area contributed by atoms with Gasteiger partial charge in [0.15, 0.2) is 11.5 Å². The number of rotatable bonds is 4. The van der Waals surface area contributed by atoms with E-state index in [4.69, 9.17) is 9.84 Å². The van der Waals surface area contributed by atoms with Gasteiger partial charge in [-0.3, -0.25) is 4.79 Å². The van der Waals surface area contributed by atoms with Gasteiger partial charge in [0.1, 0.15) is 0 Å². The third-order valence-corrected chi connectivity index (χ3v) is 3.93. The molecule has 23 heavy (non-hydrogen) atoms. The number of hydrogen-bond donors (Lipinski definition) is 4. The Kier molecular flexibility index (Phi) is 3.83. The number of amides is 3. The highest BCUT2D eigenvalue weighted by Gasteiger charge is 2.40. The van der Waals surface area contributed by atoms with E-state index in [1.807, 2.05) is 0 Å². The standard InChI is InChI=1S/C15H17N3O5/c1-23-11-6-8(2-3-10(11)20)13-12-9(16-15(22)17-13)7-18(4-5-19)14(12)21/h2-3,6,13,19-20H,4-5,7H2,1H3,(H2,16,17,22). The van der Waals surface area contributed by atoms with Gasteiger partial charge in [0.05, 0.1) is 37.6 Å². The van der Waals surface area contributed by atoms with E-state index in [0.717, 1.165) is 0 Å². The molecule has 0 fully saturated rings. The number of methoxy groups -OCH3 is 1. The molecule has 3 amide bonds. The number of urea groups is 1. The van der Waals surface area contributed by atoms with Crippen LogP contribution in [0.4, 0.5) is 4.79 Å². The van der Waals surface area contributed by atoms with Gasteiger partial charge in [-0.1, -0.05) is 6.07 Å². The number of β-amino-alcohol motifs (C(OH)–C–C–N with tert-alkyl or cyclic N) is 1. The second-order valence-corrected chi connectivity index (χ2v) is 5.31. The fraction of sp³-hybridized carbons (Fsp3) is 0.333. The van der Waals surface area contributed by atoms with Gasteiger partial charge in [-0.25, -0.2) is 4.79 Å². The first-order valence-electron chi connectivity index (χ1n) is 7.12. The Labute approximate surface area is 132 Å². The maximum absolute atomic E-state index is 12.5. The molecule has 3 rings (SSSR count). The van der Waals surface area contributed by atoms with Crippen molar-refractivity contribution in [3.05, 3.63) is 35.0 Å². The molecular formula is C15H17N3O5. The first kappa shape index (κ1) is 15.2. The summed E-state index contributed by atoms with van der Waals surface area (Å²) < 4.78 is 5.08. The molecule has 2 aliphatic heterocycles. The number of benzene rings is 1. The Morgan fingerprint density at radius 1 is 1.39 bits per heavy atom. The Hall–Kier alpha value is -2.74. The van der Waals surface area contributed by atoms with E-state index in [1.165, 1.54) is 18.1 Å². The van der Waals surface area contributed by atoms with E-state index < -0.39 is 12.1 Å². The number of ether oxygens (including phenoxy) is 1. The number of carbonyl (C=O) groups excluding carboxylic acids is 2. The fourth-order valence-electron chi connectivity index (χ4n) is 2.85. The number of phenolic OH excluding ortho intramolecular Hbond substituents is 1. The van der Waals surface area contributed by atoms with Gasteiger partial charge in [-0.2, -0.15) is 0 Å². The zero-order valence-corrected chi connectivity index (χ0v) is 12.5. The molecule has 4 N–H and O–H groups in total. The number of carbonyl (C=O) groups is 2. The number of aliphatic hydroxyl groups is 1. The number of hydrogen-bond acceptors (Lipinski definition) is 5. The highest BCUT2D eigenvalue weighted by atomic mass is 16.5. The average Bonchev–Trinajstić information content (AvgIpc) is 2.83. The lowest BCUT2D eigenvalue weighted by atomic mass is 9.96. The van der Waals surface area contributed by atoms with Crippen molar-refractivity contribution in [1.29, 1.82) is 0 Å². The number of nitrogens with one attached hydrogen (secondary N) is 2. The van der Waals surface area contributed by atoms with Crippen molar-refractivity contribution in [1.82, 2.24) is 15.5 Å². The van der Waals surface area contributed by atoms with Crippen LogP contribution in [-0.2, 0) is 4.79 Å². The molecule has 2 heterocycles. The van der Waals surface area contributed by atoms with E-state index in [-0.39, 0.29) is 37.1 Å². The van der Waals surface area contributed by atoms with Crippen LogP contribution < -0.4 is 15.4 Å². The van der Waals surface area contributed by atoms with E-state index >= 15 is 0 Å². The molecule has 8 heteroatoms. The summed E-state index contributed by atoms with van der Waals surface area (Å²) in [4.78, 5) is 25.9. The van der Waals surface area contributed by atoms with Crippen molar-refractivity contribution in [3.8, 4) is 11.5 Å². The topological polar surface area (TPSA) is 111 Å². The molecular weight excluding hydrogens is 302 g/mol. The maximum atomic E-state index is 12.5. The molecule has 1 aromatic rings. The zero-order valence-electron chi connectivity index (χ0n) is 12.5. The van der Waals surface area contributed by atoms with Crippen LogP contribution >= 0.6 is 0 Å². The summed E-state index contributed by atoms with van der Waals surface area (Å²) in [6, 6.07) is 3.62. The maximum Gasteiger partial charge on any atom is 0.319 e. The van der Waals surface area contributed by atoms with Crippen LogP contribution in [0.1, 0.15) is 11.6 Å². The number of aliphatic hydroxyl groups excluding tert-OH is 1. The second kappa shape index (κ2) is 5.81. The van der Waals surface area contributed by atoms with Crippen LogP contribution in [0.25, 0.3) is 0 Å². The van der Waals surface area contributed by atoms with Crippen molar-refractivity contribution in [3.63, 3.8) is 0 Å². The Morgan fingerprint density at radius 2 is 2.17 bits per heavy atom. The molecule has 0 spiro atoms. The third-order valence-electron chi connectivity index (χ3n) is 3.93. The van der Waals surface area contributed by atoms with E-state index in [1.54, 1.807) is 12.1 Å². The largest absolute Gasteiger partial charge is 0.504 e. The van der Waals surface area contributed by atoms with Gasteiger partial charge in [-0.05, 0) is 17.7 Å². The van der Waals surface area contributed by atoms with E-state index in [9.17, 15) is 14.7 Å². The summed E-state index contributed by atoms with van der Waals surface area (Å²) >= 11 is 0. The lowest BCUT2D eigenvalue weighted by Crippen LogP contribution is -2.44. The van der Waals surface area contributed by atoms with Crippen LogP contribution in [0.2, 0.25) is 0 Å². The van der Waals surface area contributed by atoms with Gasteiger partial charge in [0, 0.05) is 6.54 Å². The highest BCUT2D eigenvalue weighted by molar-refractivity contribution is 6.01. The van der Waals surface area contributed by atoms with E-state index in [2.05, 4.69) is 10.6 Å². The first-order chi connectivity index (χ1) is 11.0. The Bertz CT molecular complexity index is 700. The summed E-state index contributed by atoms with van der Waals surface area (Å²) in [5.41, 5.74) is 1.59. The van der Waals surface area contributed by atoms with Crippen molar-refractivity contribution in [2.45, 2.75) is 6.04 Å². The van der Waals surface area contributed by atoms with Crippen LogP contribution in [0, 0.1) is 0 Å². The highest BCUT2D eigenvalue weighted by Crippen LogP contribution is 2.36. The molecule has 0 bridgehead atoms.